The van der Waals surface area contributed by atoms with Crippen LogP contribution in [0.1, 0.15) is 45.2 Å². The highest BCUT2D eigenvalue weighted by atomic mass is 16.3. The number of hydrogen-bond acceptors (Lipinski definition) is 3. The van der Waals surface area contributed by atoms with Crippen molar-refractivity contribution in [1.29, 1.82) is 0 Å². The van der Waals surface area contributed by atoms with Crippen molar-refractivity contribution in [3.05, 3.63) is 88.0 Å². The topological polar surface area (TPSA) is 60.7 Å². The average Bonchev–Trinajstić information content (AvgIpc) is 2.59. The monoisotopic (exact) mass is 302 g/mol. The van der Waals surface area contributed by atoms with Gasteiger partial charge >= 0.3 is 0 Å². The number of aromatic hydroxyl groups is 3. The summed E-state index contributed by atoms with van der Waals surface area (Å²) in [5.74, 6) is -1.07. The zero-order valence-electron chi connectivity index (χ0n) is 12.2. The molecule has 0 heterocycles. The first-order chi connectivity index (χ1) is 11.2. The summed E-state index contributed by atoms with van der Waals surface area (Å²) in [6, 6.07) is 18.0. The van der Waals surface area contributed by atoms with Crippen molar-refractivity contribution in [1.82, 2.24) is 0 Å². The first-order valence-electron chi connectivity index (χ1n) is 7.63. The van der Waals surface area contributed by atoms with E-state index in [2.05, 4.69) is 24.3 Å². The molecule has 23 heavy (non-hydrogen) atoms. The minimum atomic E-state index is -0.439. The maximum absolute atomic E-state index is 10.5. The Morgan fingerprint density at radius 2 is 1.04 bits per heavy atom. The van der Waals surface area contributed by atoms with E-state index in [9.17, 15) is 15.3 Å². The molecule has 3 N–H and O–H groups in total. The quantitative estimate of drug-likeness (QED) is 0.381. The fraction of sp³-hybridized carbons (Fsp3) is 0.100. The van der Waals surface area contributed by atoms with Gasteiger partial charge in [-0.3, -0.25) is 0 Å². The lowest BCUT2D eigenvalue weighted by atomic mass is 9.61. The van der Waals surface area contributed by atoms with E-state index in [1.165, 1.54) is 11.1 Å². The summed E-state index contributed by atoms with van der Waals surface area (Å²) < 4.78 is 0. The summed E-state index contributed by atoms with van der Waals surface area (Å²) >= 11 is 0. The van der Waals surface area contributed by atoms with Crippen LogP contribution in [0.15, 0.2) is 54.6 Å². The van der Waals surface area contributed by atoms with Gasteiger partial charge in [-0.2, -0.15) is 0 Å². The second-order valence-corrected chi connectivity index (χ2v) is 6.22. The van der Waals surface area contributed by atoms with Gasteiger partial charge in [0.1, 0.15) is 0 Å². The first-order valence-corrected chi connectivity index (χ1v) is 7.63. The van der Waals surface area contributed by atoms with E-state index in [-0.39, 0.29) is 23.3 Å². The lowest BCUT2D eigenvalue weighted by molar-refractivity contribution is 0.362. The van der Waals surface area contributed by atoms with Crippen LogP contribution in [0.2, 0.25) is 0 Å². The Hall–Kier alpha value is -2.94. The van der Waals surface area contributed by atoms with E-state index in [0.29, 0.717) is 5.56 Å². The van der Waals surface area contributed by atoms with Crippen molar-refractivity contribution in [2.45, 2.75) is 11.8 Å². The summed E-state index contributed by atoms with van der Waals surface area (Å²) in [5.41, 5.74) is 6.30. The Labute approximate surface area is 133 Å². The van der Waals surface area contributed by atoms with Crippen LogP contribution < -0.4 is 0 Å². The molecule has 0 aromatic heterocycles. The number of phenols is 3. The van der Waals surface area contributed by atoms with Crippen LogP contribution in [0.4, 0.5) is 0 Å². The molecule has 0 radical (unpaired) electrons. The van der Waals surface area contributed by atoms with Crippen molar-refractivity contribution in [3.8, 4) is 17.2 Å². The van der Waals surface area contributed by atoms with Crippen molar-refractivity contribution < 1.29 is 15.3 Å². The minimum absolute atomic E-state index is 0.0280. The van der Waals surface area contributed by atoms with E-state index in [0.717, 1.165) is 16.7 Å². The summed E-state index contributed by atoms with van der Waals surface area (Å²) in [5, 5.41) is 30.4. The van der Waals surface area contributed by atoms with Crippen LogP contribution in [0.25, 0.3) is 0 Å². The molecular weight excluding hydrogens is 288 g/mol. The van der Waals surface area contributed by atoms with Crippen molar-refractivity contribution in [3.63, 3.8) is 0 Å². The SMILES string of the molecule is Oc1cc2c(c(O)c1O)C1c3ccccc3C2c2ccccc21. The maximum atomic E-state index is 10.5. The van der Waals surface area contributed by atoms with Gasteiger partial charge in [-0.05, 0) is 33.9 Å². The Morgan fingerprint density at radius 3 is 1.57 bits per heavy atom. The zero-order chi connectivity index (χ0) is 15.7. The van der Waals surface area contributed by atoms with Crippen molar-refractivity contribution in [2.75, 3.05) is 0 Å². The second-order valence-electron chi connectivity index (χ2n) is 6.22. The number of phenolic OH excluding ortho intramolecular Hbond substituents is 3. The Bertz CT molecular complexity index is 927. The van der Waals surface area contributed by atoms with E-state index >= 15 is 0 Å². The van der Waals surface area contributed by atoms with Crippen LogP contribution in [0.5, 0.6) is 17.2 Å². The highest BCUT2D eigenvalue weighted by molar-refractivity contribution is 5.73. The lowest BCUT2D eigenvalue weighted by Crippen LogP contribution is -2.27. The molecule has 3 aliphatic rings. The van der Waals surface area contributed by atoms with Crippen molar-refractivity contribution in [2.24, 2.45) is 0 Å². The van der Waals surface area contributed by atoms with Gasteiger partial charge in [-0.25, -0.2) is 0 Å². The van der Waals surface area contributed by atoms with E-state index in [1.807, 2.05) is 24.3 Å². The summed E-state index contributed by atoms with van der Waals surface area (Å²) in [6.07, 6.45) is 0. The molecule has 0 amide bonds. The predicted molar refractivity (Wildman–Crippen MR) is 86.2 cm³/mol. The van der Waals surface area contributed by atoms with Crippen LogP contribution >= 0.6 is 0 Å². The van der Waals surface area contributed by atoms with Gasteiger partial charge in [0.15, 0.2) is 11.5 Å². The molecule has 3 nitrogen and oxygen atoms in total. The van der Waals surface area contributed by atoms with Gasteiger partial charge < -0.3 is 15.3 Å². The van der Waals surface area contributed by atoms with E-state index < -0.39 is 5.75 Å². The van der Waals surface area contributed by atoms with Gasteiger partial charge in [0.25, 0.3) is 0 Å². The third-order valence-corrected chi connectivity index (χ3v) is 5.16. The van der Waals surface area contributed by atoms with Gasteiger partial charge in [0.05, 0.1) is 0 Å². The molecule has 0 spiro atoms. The number of benzene rings is 3. The maximum Gasteiger partial charge on any atom is 0.200 e. The van der Waals surface area contributed by atoms with Crippen LogP contribution in [-0.4, -0.2) is 15.3 Å². The normalized spacial score (nSPS) is 19.8. The molecule has 3 aromatic rings. The molecule has 6 rings (SSSR count). The summed E-state index contributed by atoms with van der Waals surface area (Å²) in [4.78, 5) is 0. The zero-order valence-corrected chi connectivity index (χ0v) is 12.2. The molecule has 0 atom stereocenters. The van der Waals surface area contributed by atoms with E-state index in [1.54, 1.807) is 6.07 Å². The highest BCUT2D eigenvalue weighted by Crippen LogP contribution is 2.60. The molecule has 3 aromatic carbocycles. The molecule has 0 saturated carbocycles. The van der Waals surface area contributed by atoms with E-state index in [4.69, 9.17) is 0 Å². The highest BCUT2D eigenvalue weighted by Gasteiger charge is 2.43. The molecule has 0 fully saturated rings. The molecule has 2 bridgehead atoms. The third kappa shape index (κ3) is 1.39. The second kappa shape index (κ2) is 4.07. The molecule has 0 saturated heterocycles. The molecule has 0 aliphatic heterocycles. The number of hydrogen-bond donors (Lipinski definition) is 3. The largest absolute Gasteiger partial charge is 0.504 e. The van der Waals surface area contributed by atoms with Crippen LogP contribution in [-0.2, 0) is 0 Å². The van der Waals surface area contributed by atoms with Gasteiger partial charge in [0.2, 0.25) is 5.75 Å². The van der Waals surface area contributed by atoms with Crippen LogP contribution in [0.3, 0.4) is 0 Å². The fourth-order valence-corrected chi connectivity index (χ4v) is 4.28. The summed E-state index contributed by atoms with van der Waals surface area (Å²) in [7, 11) is 0. The molecule has 3 heteroatoms. The Kier molecular flexibility index (Phi) is 2.23. The Morgan fingerprint density at radius 1 is 0.565 bits per heavy atom. The average molecular weight is 302 g/mol. The van der Waals surface area contributed by atoms with Gasteiger partial charge in [-0.1, -0.05) is 48.5 Å². The lowest BCUT2D eigenvalue weighted by Gasteiger charge is -2.42. The fourth-order valence-electron chi connectivity index (χ4n) is 4.28. The molecule has 3 aliphatic carbocycles. The molecule has 0 unspecified atom stereocenters. The smallest absolute Gasteiger partial charge is 0.200 e. The third-order valence-electron chi connectivity index (χ3n) is 5.16. The summed E-state index contributed by atoms with van der Waals surface area (Å²) in [6.45, 7) is 0. The van der Waals surface area contributed by atoms with Crippen molar-refractivity contribution >= 4 is 0 Å². The Balaban J connectivity index is 1.94. The van der Waals surface area contributed by atoms with Crippen LogP contribution in [0, 0.1) is 0 Å². The van der Waals surface area contributed by atoms with Gasteiger partial charge in [-0.15, -0.1) is 0 Å². The predicted octanol–water partition coefficient (Wildman–Crippen LogP) is 3.79. The molecular formula is C20H14O3. The number of rotatable bonds is 0. The first kappa shape index (κ1) is 12.6. The van der Waals surface area contributed by atoms with Gasteiger partial charge in [0, 0.05) is 17.4 Å². The standard InChI is InChI=1S/C20H14O3/c21-15-9-14-16-10-5-1-3-7-12(10)17(18(14)20(23)19(15)22)13-8-4-2-6-11(13)16/h1-9,16-17,21-23H. The minimum Gasteiger partial charge on any atom is -0.504 e. The molecule has 112 valence electrons.